The van der Waals surface area contributed by atoms with Crippen molar-refractivity contribution in [3.8, 4) is 0 Å². The lowest BCUT2D eigenvalue weighted by molar-refractivity contribution is -0.132. The normalized spacial score (nSPS) is 15.8. The molecule has 1 amide bonds. The van der Waals surface area contributed by atoms with E-state index in [1.165, 1.54) is 22.7 Å². The third-order valence-corrected chi connectivity index (χ3v) is 2.83. The molecule has 0 aliphatic carbocycles. The van der Waals surface area contributed by atoms with Crippen molar-refractivity contribution < 1.29 is 9.59 Å². The van der Waals surface area contributed by atoms with Gasteiger partial charge in [0.05, 0.1) is 5.03 Å². The first-order valence-electron chi connectivity index (χ1n) is 4.43. The SMILES string of the molecule is CSC1=CC(=O)C(=O)N1c1ccccc1. The van der Waals surface area contributed by atoms with Gasteiger partial charge in [-0.1, -0.05) is 18.2 Å². The van der Waals surface area contributed by atoms with Crippen LogP contribution >= 0.6 is 11.8 Å². The average Bonchev–Trinajstić information content (AvgIpc) is 2.56. The molecular weight excluding hydrogens is 210 g/mol. The van der Waals surface area contributed by atoms with Crippen molar-refractivity contribution in [1.82, 2.24) is 0 Å². The van der Waals surface area contributed by atoms with E-state index in [0.29, 0.717) is 5.03 Å². The van der Waals surface area contributed by atoms with E-state index in [1.807, 2.05) is 24.5 Å². The lowest BCUT2D eigenvalue weighted by Gasteiger charge is -2.17. The Morgan fingerprint density at radius 1 is 1.13 bits per heavy atom. The molecule has 2 rings (SSSR count). The second-order valence-electron chi connectivity index (χ2n) is 3.03. The summed E-state index contributed by atoms with van der Waals surface area (Å²) in [4.78, 5) is 24.3. The molecule has 0 fully saturated rings. The van der Waals surface area contributed by atoms with Crippen LogP contribution in [-0.4, -0.2) is 17.9 Å². The number of anilines is 1. The number of carbonyl (C=O) groups is 2. The number of hydrogen-bond acceptors (Lipinski definition) is 3. The van der Waals surface area contributed by atoms with Gasteiger partial charge in [0.2, 0.25) is 5.78 Å². The summed E-state index contributed by atoms with van der Waals surface area (Å²) in [5, 5.41) is 0.677. The zero-order valence-electron chi connectivity index (χ0n) is 8.14. The second kappa shape index (κ2) is 3.90. The Labute approximate surface area is 91.8 Å². The van der Waals surface area contributed by atoms with Gasteiger partial charge in [0.1, 0.15) is 0 Å². The summed E-state index contributed by atoms with van der Waals surface area (Å²) in [5.41, 5.74) is 0.731. The van der Waals surface area contributed by atoms with Crippen LogP contribution in [0.2, 0.25) is 0 Å². The van der Waals surface area contributed by atoms with Gasteiger partial charge < -0.3 is 0 Å². The number of para-hydroxylation sites is 1. The van der Waals surface area contributed by atoms with Crippen LogP contribution in [0.15, 0.2) is 41.4 Å². The molecule has 0 aromatic heterocycles. The van der Waals surface area contributed by atoms with E-state index >= 15 is 0 Å². The molecule has 0 saturated heterocycles. The average molecular weight is 219 g/mol. The summed E-state index contributed by atoms with van der Waals surface area (Å²) in [6.45, 7) is 0. The molecule has 0 unspecified atom stereocenters. The Hall–Kier alpha value is -1.55. The van der Waals surface area contributed by atoms with Crippen LogP contribution in [0.4, 0.5) is 5.69 Å². The zero-order chi connectivity index (χ0) is 10.8. The van der Waals surface area contributed by atoms with E-state index in [2.05, 4.69) is 0 Å². The molecule has 4 heteroatoms. The Bertz CT molecular complexity index is 439. The first-order chi connectivity index (χ1) is 7.24. The number of ketones is 1. The van der Waals surface area contributed by atoms with Crippen LogP contribution in [0.5, 0.6) is 0 Å². The summed E-state index contributed by atoms with van der Waals surface area (Å²) in [7, 11) is 0. The first kappa shape index (κ1) is 9.98. The van der Waals surface area contributed by atoms with Crippen molar-refractivity contribution in [2.75, 3.05) is 11.2 Å². The highest BCUT2D eigenvalue weighted by Crippen LogP contribution is 2.29. The van der Waals surface area contributed by atoms with Crippen LogP contribution in [0.3, 0.4) is 0 Å². The molecule has 0 N–H and O–H groups in total. The smallest absolute Gasteiger partial charge is 0.284 e. The Balaban J connectivity index is 2.41. The van der Waals surface area contributed by atoms with Crippen molar-refractivity contribution in [1.29, 1.82) is 0 Å². The maximum atomic E-state index is 11.6. The molecule has 0 radical (unpaired) electrons. The molecule has 0 atom stereocenters. The lowest BCUT2D eigenvalue weighted by atomic mass is 10.3. The third-order valence-electron chi connectivity index (χ3n) is 2.11. The number of nitrogens with zero attached hydrogens (tertiary/aromatic N) is 1. The molecule has 1 heterocycles. The van der Waals surface area contributed by atoms with Gasteiger partial charge in [-0.25, -0.2) is 0 Å². The number of benzene rings is 1. The molecule has 76 valence electrons. The maximum Gasteiger partial charge on any atom is 0.303 e. The molecule has 1 aromatic carbocycles. The Kier molecular flexibility index (Phi) is 2.60. The van der Waals surface area contributed by atoms with Gasteiger partial charge >= 0.3 is 5.91 Å². The van der Waals surface area contributed by atoms with Gasteiger partial charge in [0, 0.05) is 11.8 Å². The summed E-state index contributed by atoms with van der Waals surface area (Å²) < 4.78 is 0. The summed E-state index contributed by atoms with van der Waals surface area (Å²) in [6, 6.07) is 9.15. The summed E-state index contributed by atoms with van der Waals surface area (Å²) in [5.74, 6) is -0.936. The molecule has 15 heavy (non-hydrogen) atoms. The molecule has 1 aliphatic heterocycles. The van der Waals surface area contributed by atoms with Gasteiger partial charge in [0.15, 0.2) is 0 Å². The number of carbonyl (C=O) groups excluding carboxylic acids is 2. The molecule has 0 bridgehead atoms. The van der Waals surface area contributed by atoms with Gasteiger partial charge in [-0.05, 0) is 18.4 Å². The van der Waals surface area contributed by atoms with Crippen molar-refractivity contribution in [2.24, 2.45) is 0 Å². The van der Waals surface area contributed by atoms with Crippen molar-refractivity contribution in [3.63, 3.8) is 0 Å². The molecule has 0 spiro atoms. The third kappa shape index (κ3) is 1.68. The van der Waals surface area contributed by atoms with Crippen LogP contribution in [-0.2, 0) is 9.59 Å². The highest BCUT2D eigenvalue weighted by Gasteiger charge is 2.31. The van der Waals surface area contributed by atoms with Gasteiger partial charge in [-0.15, -0.1) is 11.8 Å². The van der Waals surface area contributed by atoms with Crippen molar-refractivity contribution in [3.05, 3.63) is 41.4 Å². The largest absolute Gasteiger partial charge is 0.303 e. The van der Waals surface area contributed by atoms with Crippen molar-refractivity contribution in [2.45, 2.75) is 0 Å². The minimum atomic E-state index is -0.481. The highest BCUT2D eigenvalue weighted by molar-refractivity contribution is 8.02. The van der Waals surface area contributed by atoms with E-state index < -0.39 is 11.7 Å². The minimum Gasteiger partial charge on any atom is -0.284 e. The van der Waals surface area contributed by atoms with E-state index in [4.69, 9.17) is 0 Å². The quantitative estimate of drug-likeness (QED) is 0.712. The Morgan fingerprint density at radius 2 is 1.80 bits per heavy atom. The van der Waals surface area contributed by atoms with Gasteiger partial charge in [0.25, 0.3) is 0 Å². The van der Waals surface area contributed by atoms with Crippen molar-refractivity contribution >= 4 is 29.1 Å². The number of rotatable bonds is 2. The standard InChI is InChI=1S/C11H9NO2S/c1-15-10-7-9(13)11(14)12(10)8-5-3-2-4-6-8/h2-7H,1H3. The van der Waals surface area contributed by atoms with Crippen LogP contribution < -0.4 is 4.90 Å². The lowest BCUT2D eigenvalue weighted by Crippen LogP contribution is -2.27. The predicted octanol–water partition coefficient (Wildman–Crippen LogP) is 1.81. The van der Waals surface area contributed by atoms with E-state index in [1.54, 1.807) is 12.1 Å². The zero-order valence-corrected chi connectivity index (χ0v) is 8.95. The monoisotopic (exact) mass is 219 g/mol. The number of thioether (sulfide) groups is 1. The fourth-order valence-corrected chi connectivity index (χ4v) is 2.02. The number of hydrogen-bond donors (Lipinski definition) is 0. The van der Waals surface area contributed by atoms with Gasteiger partial charge in [-0.2, -0.15) is 0 Å². The summed E-state index contributed by atoms with van der Waals surface area (Å²) in [6.07, 6.45) is 3.22. The second-order valence-corrected chi connectivity index (χ2v) is 3.85. The van der Waals surface area contributed by atoms with Crippen LogP contribution in [0.1, 0.15) is 0 Å². The molecule has 0 saturated carbocycles. The summed E-state index contributed by atoms with van der Waals surface area (Å²) >= 11 is 1.39. The highest BCUT2D eigenvalue weighted by atomic mass is 32.2. The number of amides is 1. The van der Waals surface area contributed by atoms with Crippen LogP contribution in [0, 0.1) is 0 Å². The van der Waals surface area contributed by atoms with E-state index in [-0.39, 0.29) is 0 Å². The topological polar surface area (TPSA) is 37.4 Å². The van der Waals surface area contributed by atoms with E-state index in [9.17, 15) is 9.59 Å². The maximum absolute atomic E-state index is 11.6. The molecule has 1 aliphatic rings. The molecule has 3 nitrogen and oxygen atoms in total. The van der Waals surface area contributed by atoms with E-state index in [0.717, 1.165) is 5.69 Å². The van der Waals surface area contributed by atoms with Crippen LogP contribution in [0.25, 0.3) is 0 Å². The first-order valence-corrected chi connectivity index (χ1v) is 5.65. The molecular formula is C11H9NO2S. The fourth-order valence-electron chi connectivity index (χ4n) is 1.42. The Morgan fingerprint density at radius 3 is 2.40 bits per heavy atom. The molecule has 1 aromatic rings. The predicted molar refractivity (Wildman–Crippen MR) is 60.5 cm³/mol. The van der Waals surface area contributed by atoms with Gasteiger partial charge in [-0.3, -0.25) is 14.5 Å². The fraction of sp³-hybridized carbons (Fsp3) is 0.0909. The minimum absolute atomic E-state index is 0.455.